The summed E-state index contributed by atoms with van der Waals surface area (Å²) in [6.45, 7) is 9.88. The number of nitrogens with zero attached hydrogens (tertiary/aromatic N) is 1. The maximum Gasteiger partial charge on any atom is 0.251 e. The number of hydrogen-bond acceptors (Lipinski definition) is 4. The molecule has 2 aliphatic heterocycles. The Bertz CT molecular complexity index is 559. The van der Waals surface area contributed by atoms with Crippen LogP contribution in [0.2, 0.25) is 0 Å². The van der Waals surface area contributed by atoms with Gasteiger partial charge in [-0.1, -0.05) is 13.0 Å². The van der Waals surface area contributed by atoms with Gasteiger partial charge in [0.25, 0.3) is 5.91 Å². The normalized spacial score (nSPS) is 19.7. The van der Waals surface area contributed by atoms with Crippen molar-refractivity contribution in [3.05, 3.63) is 28.8 Å². The Labute approximate surface area is 132 Å². The molecule has 1 unspecified atom stereocenters. The van der Waals surface area contributed by atoms with Crippen molar-refractivity contribution in [3.63, 3.8) is 0 Å². The average molecular weight is 303 g/mol. The van der Waals surface area contributed by atoms with Gasteiger partial charge in [-0.25, -0.2) is 0 Å². The van der Waals surface area contributed by atoms with Crippen LogP contribution in [-0.4, -0.2) is 45.3 Å². The average Bonchev–Trinajstić information content (AvgIpc) is 2.72. The number of amides is 1. The van der Waals surface area contributed by atoms with Crippen molar-refractivity contribution in [2.75, 3.05) is 44.3 Å². The van der Waals surface area contributed by atoms with Crippen molar-refractivity contribution in [3.8, 4) is 0 Å². The lowest BCUT2D eigenvalue weighted by Crippen LogP contribution is -2.28. The Hall–Kier alpha value is -1.59. The largest absolute Gasteiger partial charge is 0.380 e. The molecule has 0 saturated heterocycles. The van der Waals surface area contributed by atoms with E-state index in [0.717, 1.165) is 31.7 Å². The number of anilines is 1. The SMILES string of the molecule is CCOCCNC(=O)c1ccc2c3c1C(C)CN3CCNC2. The van der Waals surface area contributed by atoms with E-state index in [1.54, 1.807) is 0 Å². The molecule has 0 spiro atoms. The molecular weight excluding hydrogens is 278 g/mol. The highest BCUT2D eigenvalue weighted by Crippen LogP contribution is 2.41. The van der Waals surface area contributed by atoms with Gasteiger partial charge in [-0.15, -0.1) is 0 Å². The van der Waals surface area contributed by atoms with Crippen LogP contribution < -0.4 is 15.5 Å². The predicted octanol–water partition coefficient (Wildman–Crippen LogP) is 1.48. The zero-order valence-electron chi connectivity index (χ0n) is 13.4. The third kappa shape index (κ3) is 2.83. The molecule has 5 heteroatoms. The number of benzene rings is 1. The second kappa shape index (κ2) is 6.67. The van der Waals surface area contributed by atoms with Gasteiger partial charge >= 0.3 is 0 Å². The van der Waals surface area contributed by atoms with E-state index in [-0.39, 0.29) is 5.91 Å². The molecule has 0 bridgehead atoms. The van der Waals surface area contributed by atoms with E-state index in [9.17, 15) is 4.79 Å². The molecule has 2 heterocycles. The highest BCUT2D eigenvalue weighted by atomic mass is 16.5. The summed E-state index contributed by atoms with van der Waals surface area (Å²) in [4.78, 5) is 14.9. The molecule has 120 valence electrons. The molecule has 5 nitrogen and oxygen atoms in total. The Balaban J connectivity index is 1.84. The van der Waals surface area contributed by atoms with E-state index >= 15 is 0 Å². The second-order valence-electron chi connectivity index (χ2n) is 6.01. The molecule has 1 aromatic rings. The lowest BCUT2D eigenvalue weighted by molar-refractivity contribution is 0.0921. The Kier molecular flexibility index (Phi) is 4.64. The van der Waals surface area contributed by atoms with E-state index in [1.165, 1.54) is 16.8 Å². The molecule has 0 radical (unpaired) electrons. The fraction of sp³-hybridized carbons (Fsp3) is 0.588. The van der Waals surface area contributed by atoms with Crippen molar-refractivity contribution in [2.45, 2.75) is 26.3 Å². The standard InChI is InChI=1S/C17H25N3O2/c1-3-22-9-7-19-17(21)14-5-4-13-10-18-6-8-20-11-12(2)15(14)16(13)20/h4-5,12,18H,3,6-11H2,1-2H3,(H,19,21). The minimum Gasteiger partial charge on any atom is -0.380 e. The third-order valence-electron chi connectivity index (χ3n) is 4.46. The molecule has 2 aliphatic rings. The summed E-state index contributed by atoms with van der Waals surface area (Å²) in [5.41, 5.74) is 4.64. The number of carbonyl (C=O) groups excluding carboxylic acids is 1. The van der Waals surface area contributed by atoms with Crippen molar-refractivity contribution in [1.29, 1.82) is 0 Å². The van der Waals surface area contributed by atoms with Crippen LogP contribution in [0.15, 0.2) is 12.1 Å². The van der Waals surface area contributed by atoms with Gasteiger partial charge in [0.1, 0.15) is 0 Å². The summed E-state index contributed by atoms with van der Waals surface area (Å²) in [6.07, 6.45) is 0. The number of rotatable bonds is 5. The van der Waals surface area contributed by atoms with Gasteiger partial charge in [0.05, 0.1) is 6.61 Å². The summed E-state index contributed by atoms with van der Waals surface area (Å²) < 4.78 is 5.28. The molecular formula is C17H25N3O2. The summed E-state index contributed by atoms with van der Waals surface area (Å²) in [5, 5.41) is 6.42. The first kappa shape index (κ1) is 15.3. The lowest BCUT2D eigenvalue weighted by atomic mass is 9.94. The number of carbonyl (C=O) groups is 1. The molecule has 0 aromatic heterocycles. The van der Waals surface area contributed by atoms with Crippen molar-refractivity contribution in [1.82, 2.24) is 10.6 Å². The molecule has 1 aromatic carbocycles. The monoisotopic (exact) mass is 303 g/mol. The summed E-state index contributed by atoms with van der Waals surface area (Å²) >= 11 is 0. The maximum absolute atomic E-state index is 12.5. The molecule has 1 amide bonds. The molecule has 22 heavy (non-hydrogen) atoms. The number of hydrogen-bond donors (Lipinski definition) is 2. The minimum atomic E-state index is 0.0170. The third-order valence-corrected chi connectivity index (χ3v) is 4.46. The summed E-state index contributed by atoms with van der Waals surface area (Å²) in [6, 6.07) is 4.08. The highest BCUT2D eigenvalue weighted by molar-refractivity contribution is 5.98. The van der Waals surface area contributed by atoms with Crippen LogP contribution in [0.25, 0.3) is 0 Å². The van der Waals surface area contributed by atoms with E-state index in [4.69, 9.17) is 4.74 Å². The van der Waals surface area contributed by atoms with Crippen LogP contribution in [0.3, 0.4) is 0 Å². The first-order chi connectivity index (χ1) is 10.7. The van der Waals surface area contributed by atoms with Crippen LogP contribution in [0, 0.1) is 0 Å². The van der Waals surface area contributed by atoms with E-state index < -0.39 is 0 Å². The highest BCUT2D eigenvalue weighted by Gasteiger charge is 2.32. The maximum atomic E-state index is 12.5. The van der Waals surface area contributed by atoms with Gasteiger partial charge in [-0.2, -0.15) is 0 Å². The van der Waals surface area contributed by atoms with Gasteiger partial charge in [-0.05, 0) is 24.1 Å². The first-order valence-corrected chi connectivity index (χ1v) is 8.19. The molecule has 0 saturated carbocycles. The van der Waals surface area contributed by atoms with E-state index in [0.29, 0.717) is 25.7 Å². The Morgan fingerprint density at radius 2 is 2.36 bits per heavy atom. The summed E-state index contributed by atoms with van der Waals surface area (Å²) in [5.74, 6) is 0.420. The van der Waals surface area contributed by atoms with Crippen LogP contribution >= 0.6 is 0 Å². The first-order valence-electron chi connectivity index (χ1n) is 8.19. The molecule has 0 aliphatic carbocycles. The van der Waals surface area contributed by atoms with Gasteiger partial charge in [0.15, 0.2) is 0 Å². The lowest BCUT2D eigenvalue weighted by Gasteiger charge is -2.19. The van der Waals surface area contributed by atoms with Crippen LogP contribution in [0.5, 0.6) is 0 Å². The van der Waals surface area contributed by atoms with Crippen LogP contribution in [0.1, 0.15) is 41.3 Å². The molecule has 0 fully saturated rings. The van der Waals surface area contributed by atoms with Crippen LogP contribution in [0.4, 0.5) is 5.69 Å². The smallest absolute Gasteiger partial charge is 0.251 e. The van der Waals surface area contributed by atoms with Gasteiger partial charge in [-0.3, -0.25) is 4.79 Å². The molecule has 2 N–H and O–H groups in total. The van der Waals surface area contributed by atoms with Gasteiger partial charge < -0.3 is 20.3 Å². The van der Waals surface area contributed by atoms with Gasteiger partial charge in [0, 0.05) is 56.5 Å². The van der Waals surface area contributed by atoms with Crippen molar-refractivity contribution < 1.29 is 9.53 Å². The number of ether oxygens (including phenoxy) is 1. The van der Waals surface area contributed by atoms with Crippen molar-refractivity contribution >= 4 is 11.6 Å². The second-order valence-corrected chi connectivity index (χ2v) is 6.01. The number of nitrogens with one attached hydrogen (secondary N) is 2. The van der Waals surface area contributed by atoms with Crippen molar-refractivity contribution in [2.24, 2.45) is 0 Å². The zero-order valence-corrected chi connectivity index (χ0v) is 13.4. The van der Waals surface area contributed by atoms with Crippen LogP contribution in [-0.2, 0) is 11.3 Å². The predicted molar refractivity (Wildman–Crippen MR) is 87.6 cm³/mol. The summed E-state index contributed by atoms with van der Waals surface area (Å²) in [7, 11) is 0. The van der Waals surface area contributed by atoms with E-state index in [2.05, 4.69) is 28.5 Å². The Morgan fingerprint density at radius 1 is 1.50 bits per heavy atom. The van der Waals surface area contributed by atoms with Gasteiger partial charge in [0.2, 0.25) is 0 Å². The minimum absolute atomic E-state index is 0.0170. The quantitative estimate of drug-likeness (QED) is 0.809. The Morgan fingerprint density at radius 3 is 3.18 bits per heavy atom. The van der Waals surface area contributed by atoms with E-state index in [1.807, 2.05) is 13.0 Å². The fourth-order valence-electron chi connectivity index (χ4n) is 3.50. The fourth-order valence-corrected chi connectivity index (χ4v) is 3.50. The molecule has 3 rings (SSSR count). The zero-order chi connectivity index (χ0) is 15.5. The molecule has 1 atom stereocenters. The topological polar surface area (TPSA) is 53.6 Å².